The number of carbonyl (C=O) groups excluding carboxylic acids is 2. The Bertz CT molecular complexity index is 1140. The van der Waals surface area contributed by atoms with E-state index in [2.05, 4.69) is 10.2 Å². The van der Waals surface area contributed by atoms with Gasteiger partial charge in [0.25, 0.3) is 17.5 Å². The minimum Gasteiger partial charge on any atom is -0.495 e. The number of rotatable bonds is 8. The number of hydrogen-bond donors (Lipinski definition) is 1. The molecule has 1 saturated heterocycles. The van der Waals surface area contributed by atoms with Gasteiger partial charge in [0.1, 0.15) is 11.4 Å². The maximum absolute atomic E-state index is 13.4. The molecule has 0 aromatic heterocycles. The maximum atomic E-state index is 13.4. The Morgan fingerprint density at radius 2 is 1.76 bits per heavy atom. The van der Waals surface area contributed by atoms with Crippen LogP contribution in [0.4, 0.5) is 11.4 Å². The van der Waals surface area contributed by atoms with Crippen LogP contribution in [0.15, 0.2) is 48.2 Å². The number of ether oxygens (including phenoxy) is 2. The molecule has 2 aliphatic heterocycles. The fraction of sp³-hybridized carbons (Fsp3) is 0.333. The summed E-state index contributed by atoms with van der Waals surface area (Å²) in [5.41, 5.74) is 2.11. The lowest BCUT2D eigenvalue weighted by Crippen LogP contribution is -2.43. The third-order valence-electron chi connectivity index (χ3n) is 5.89. The van der Waals surface area contributed by atoms with E-state index in [9.17, 15) is 19.7 Å². The first kappa shape index (κ1) is 23.4. The van der Waals surface area contributed by atoms with E-state index in [-0.39, 0.29) is 23.5 Å². The summed E-state index contributed by atoms with van der Waals surface area (Å²) in [7, 11) is 1.53. The van der Waals surface area contributed by atoms with Gasteiger partial charge in [0.2, 0.25) is 0 Å². The molecule has 34 heavy (non-hydrogen) atoms. The van der Waals surface area contributed by atoms with Crippen molar-refractivity contribution in [3.8, 4) is 5.75 Å². The Morgan fingerprint density at radius 1 is 1.06 bits per heavy atom. The van der Waals surface area contributed by atoms with E-state index >= 15 is 0 Å². The smallest absolute Gasteiger partial charge is 0.278 e. The van der Waals surface area contributed by atoms with Crippen molar-refractivity contribution < 1.29 is 24.0 Å². The molecule has 4 rings (SSSR count). The van der Waals surface area contributed by atoms with Crippen LogP contribution in [0.25, 0.3) is 5.57 Å². The van der Waals surface area contributed by atoms with Crippen molar-refractivity contribution in [2.45, 2.75) is 6.92 Å². The van der Waals surface area contributed by atoms with Gasteiger partial charge in [-0.15, -0.1) is 0 Å². The Morgan fingerprint density at radius 3 is 2.41 bits per heavy atom. The molecule has 1 fully saturated rings. The number of methoxy groups -OCH3 is 1. The average molecular weight is 466 g/mol. The first-order valence-electron chi connectivity index (χ1n) is 11.0. The zero-order chi connectivity index (χ0) is 24.2. The molecule has 2 heterocycles. The van der Waals surface area contributed by atoms with Crippen molar-refractivity contribution >= 4 is 28.8 Å². The number of non-ortho nitro benzene ring substituents is 1. The number of imide groups is 1. The second kappa shape index (κ2) is 10.0. The van der Waals surface area contributed by atoms with E-state index in [1.807, 2.05) is 19.1 Å². The minimum absolute atomic E-state index is 0.0971. The molecule has 0 unspecified atom stereocenters. The Labute approximate surface area is 196 Å². The Balaban J connectivity index is 1.68. The monoisotopic (exact) mass is 466 g/mol. The van der Waals surface area contributed by atoms with E-state index in [4.69, 9.17) is 9.47 Å². The van der Waals surface area contributed by atoms with Gasteiger partial charge in [-0.2, -0.15) is 0 Å². The molecule has 10 heteroatoms. The highest BCUT2D eigenvalue weighted by atomic mass is 16.6. The molecular weight excluding hydrogens is 440 g/mol. The summed E-state index contributed by atoms with van der Waals surface area (Å²) < 4.78 is 10.8. The van der Waals surface area contributed by atoms with Crippen LogP contribution >= 0.6 is 0 Å². The minimum atomic E-state index is -0.509. The second-order valence-corrected chi connectivity index (χ2v) is 8.10. The molecule has 10 nitrogen and oxygen atoms in total. The van der Waals surface area contributed by atoms with Gasteiger partial charge < -0.3 is 14.8 Å². The number of amides is 2. The first-order valence-corrected chi connectivity index (χ1v) is 11.0. The van der Waals surface area contributed by atoms with Crippen molar-refractivity contribution in [2.75, 3.05) is 51.8 Å². The van der Waals surface area contributed by atoms with Gasteiger partial charge in [-0.25, -0.2) is 0 Å². The maximum Gasteiger partial charge on any atom is 0.278 e. The van der Waals surface area contributed by atoms with Crippen LogP contribution in [-0.2, 0) is 14.3 Å². The molecule has 2 aromatic carbocycles. The fourth-order valence-corrected chi connectivity index (χ4v) is 4.03. The number of nitrogens with zero attached hydrogens (tertiary/aromatic N) is 3. The highest BCUT2D eigenvalue weighted by Crippen LogP contribution is 2.34. The van der Waals surface area contributed by atoms with Gasteiger partial charge in [0.05, 0.1) is 36.5 Å². The van der Waals surface area contributed by atoms with Crippen molar-refractivity contribution in [3.63, 3.8) is 0 Å². The van der Waals surface area contributed by atoms with Crippen molar-refractivity contribution in [1.82, 2.24) is 9.80 Å². The first-order chi connectivity index (χ1) is 16.4. The number of anilines is 1. The zero-order valence-corrected chi connectivity index (χ0v) is 19.1. The van der Waals surface area contributed by atoms with E-state index in [0.29, 0.717) is 36.8 Å². The Kier molecular flexibility index (Phi) is 6.90. The number of morpholine rings is 1. The van der Waals surface area contributed by atoms with Gasteiger partial charge in [-0.1, -0.05) is 6.07 Å². The summed E-state index contributed by atoms with van der Waals surface area (Å²) in [6, 6.07) is 11.1. The summed E-state index contributed by atoms with van der Waals surface area (Å²) in [5.74, 6) is -0.371. The van der Waals surface area contributed by atoms with E-state index in [0.717, 1.165) is 18.7 Å². The average Bonchev–Trinajstić information content (AvgIpc) is 3.07. The topological polar surface area (TPSA) is 114 Å². The number of nitro benzene ring substituents is 1. The highest BCUT2D eigenvalue weighted by Gasteiger charge is 2.39. The van der Waals surface area contributed by atoms with Crippen LogP contribution in [0.3, 0.4) is 0 Å². The molecule has 0 bridgehead atoms. The molecular formula is C24H26N4O6. The molecule has 0 atom stereocenters. The molecule has 0 saturated carbocycles. The number of nitrogens with one attached hydrogen (secondary N) is 1. The van der Waals surface area contributed by atoms with Crippen LogP contribution in [0.5, 0.6) is 5.75 Å². The van der Waals surface area contributed by atoms with E-state index < -0.39 is 16.7 Å². The van der Waals surface area contributed by atoms with E-state index in [1.165, 1.54) is 36.3 Å². The number of aryl methyl sites for hydroxylation is 1. The van der Waals surface area contributed by atoms with Gasteiger partial charge in [-0.05, 0) is 42.3 Å². The number of hydrogen-bond acceptors (Lipinski definition) is 8. The number of nitro groups is 1. The SMILES string of the molecule is COc1ccc(C)cc1NC1=C(c2ccc([N+](=O)[O-])cc2)C(=O)N(CCN2CCOCC2)C1=O. The van der Waals surface area contributed by atoms with Crippen LogP contribution < -0.4 is 10.1 Å². The predicted octanol–water partition coefficient (Wildman–Crippen LogP) is 2.44. The van der Waals surface area contributed by atoms with Crippen molar-refractivity contribution in [3.05, 3.63) is 69.4 Å². The Hall–Kier alpha value is -3.76. The number of carbonyl (C=O) groups is 2. The van der Waals surface area contributed by atoms with Gasteiger partial charge in [0.15, 0.2) is 0 Å². The molecule has 178 valence electrons. The van der Waals surface area contributed by atoms with Crippen LogP contribution in [0, 0.1) is 17.0 Å². The summed E-state index contributed by atoms with van der Waals surface area (Å²) in [5, 5.41) is 14.2. The predicted molar refractivity (Wildman–Crippen MR) is 125 cm³/mol. The van der Waals surface area contributed by atoms with Gasteiger partial charge >= 0.3 is 0 Å². The lowest BCUT2D eigenvalue weighted by molar-refractivity contribution is -0.384. The summed E-state index contributed by atoms with van der Waals surface area (Å²) >= 11 is 0. The molecule has 1 N–H and O–H groups in total. The van der Waals surface area contributed by atoms with E-state index in [1.54, 1.807) is 6.07 Å². The van der Waals surface area contributed by atoms with Gasteiger partial charge in [-0.3, -0.25) is 29.5 Å². The lowest BCUT2D eigenvalue weighted by atomic mass is 10.0. The standard InChI is InChI=1S/C24H26N4O6/c1-16-3-8-20(33-2)19(15-16)25-22-21(17-4-6-18(7-5-17)28(31)32)23(29)27(24(22)30)10-9-26-11-13-34-14-12-26/h3-8,15,25H,9-14H2,1-2H3. The summed E-state index contributed by atoms with van der Waals surface area (Å²) in [4.78, 5) is 40.8. The number of benzene rings is 2. The zero-order valence-electron chi connectivity index (χ0n) is 19.1. The molecule has 2 aromatic rings. The summed E-state index contributed by atoms with van der Waals surface area (Å²) in [6.45, 7) is 5.39. The normalized spacial score (nSPS) is 16.8. The lowest BCUT2D eigenvalue weighted by Gasteiger charge is -2.28. The van der Waals surface area contributed by atoms with Crippen LogP contribution in [0.1, 0.15) is 11.1 Å². The summed E-state index contributed by atoms with van der Waals surface area (Å²) in [6.07, 6.45) is 0. The van der Waals surface area contributed by atoms with Gasteiger partial charge in [0, 0.05) is 38.3 Å². The third-order valence-corrected chi connectivity index (χ3v) is 5.89. The highest BCUT2D eigenvalue weighted by molar-refractivity contribution is 6.36. The van der Waals surface area contributed by atoms with Crippen LogP contribution in [-0.4, -0.2) is 73.0 Å². The largest absolute Gasteiger partial charge is 0.495 e. The van der Waals surface area contributed by atoms with Crippen LogP contribution in [0.2, 0.25) is 0 Å². The second-order valence-electron chi connectivity index (χ2n) is 8.10. The molecule has 2 amide bonds. The fourth-order valence-electron chi connectivity index (χ4n) is 4.03. The molecule has 0 aliphatic carbocycles. The molecule has 2 aliphatic rings. The molecule has 0 spiro atoms. The van der Waals surface area contributed by atoms with Crippen molar-refractivity contribution in [1.29, 1.82) is 0 Å². The van der Waals surface area contributed by atoms with Crippen molar-refractivity contribution in [2.24, 2.45) is 0 Å². The quantitative estimate of drug-likeness (QED) is 0.358. The molecule has 0 radical (unpaired) electrons. The third kappa shape index (κ3) is 4.78.